The van der Waals surface area contributed by atoms with Gasteiger partial charge in [-0.05, 0) is 40.2 Å². The summed E-state index contributed by atoms with van der Waals surface area (Å²) < 4.78 is 11.4. The standard InChI is InChI=1S/C14H15BrN2O2/c1-18-10-4-5-11(15)13(8-10)17-9-3-6-12(16)14(7-9)19-2/h3-8,17H,16H2,1-2H3. The summed E-state index contributed by atoms with van der Waals surface area (Å²) in [7, 11) is 3.23. The molecule has 0 bridgehead atoms. The number of nitrogens with two attached hydrogens (primary N) is 1. The lowest BCUT2D eigenvalue weighted by Gasteiger charge is -2.12. The molecule has 3 N–H and O–H groups in total. The highest BCUT2D eigenvalue weighted by atomic mass is 79.9. The Kier molecular flexibility index (Phi) is 4.16. The second-order valence-electron chi connectivity index (χ2n) is 3.93. The van der Waals surface area contributed by atoms with Crippen LogP contribution in [0.25, 0.3) is 0 Å². The zero-order chi connectivity index (χ0) is 13.8. The van der Waals surface area contributed by atoms with Crippen LogP contribution in [0.2, 0.25) is 0 Å². The van der Waals surface area contributed by atoms with Crippen LogP contribution in [-0.4, -0.2) is 14.2 Å². The molecule has 0 saturated heterocycles. The van der Waals surface area contributed by atoms with Gasteiger partial charge in [0, 0.05) is 22.3 Å². The maximum atomic E-state index is 5.79. The molecule has 0 fully saturated rings. The Hall–Kier alpha value is -1.88. The molecule has 0 unspecified atom stereocenters. The highest BCUT2D eigenvalue weighted by molar-refractivity contribution is 9.10. The molecule has 2 aromatic carbocycles. The quantitative estimate of drug-likeness (QED) is 0.841. The van der Waals surface area contributed by atoms with E-state index in [1.807, 2.05) is 30.3 Å². The van der Waals surface area contributed by atoms with Crippen molar-refractivity contribution in [3.05, 3.63) is 40.9 Å². The van der Waals surface area contributed by atoms with Crippen LogP contribution in [0.1, 0.15) is 0 Å². The molecule has 0 radical (unpaired) electrons. The molecule has 0 spiro atoms. The third-order valence-corrected chi connectivity index (χ3v) is 3.38. The van der Waals surface area contributed by atoms with E-state index < -0.39 is 0 Å². The molecule has 19 heavy (non-hydrogen) atoms. The van der Waals surface area contributed by atoms with E-state index in [9.17, 15) is 0 Å². The average molecular weight is 323 g/mol. The number of methoxy groups -OCH3 is 2. The molecule has 0 saturated carbocycles. The summed E-state index contributed by atoms with van der Waals surface area (Å²) in [5.41, 5.74) is 8.19. The van der Waals surface area contributed by atoms with E-state index >= 15 is 0 Å². The van der Waals surface area contributed by atoms with Crippen molar-refractivity contribution in [3.8, 4) is 11.5 Å². The van der Waals surface area contributed by atoms with Crippen molar-refractivity contribution in [3.63, 3.8) is 0 Å². The van der Waals surface area contributed by atoms with Crippen molar-refractivity contribution in [1.29, 1.82) is 0 Å². The van der Waals surface area contributed by atoms with Gasteiger partial charge in [-0.25, -0.2) is 0 Å². The molecule has 0 aliphatic rings. The first-order valence-electron chi connectivity index (χ1n) is 5.68. The van der Waals surface area contributed by atoms with Crippen LogP contribution in [0.3, 0.4) is 0 Å². The molecule has 5 heteroatoms. The van der Waals surface area contributed by atoms with Crippen molar-refractivity contribution < 1.29 is 9.47 Å². The second-order valence-corrected chi connectivity index (χ2v) is 4.78. The van der Waals surface area contributed by atoms with E-state index in [1.54, 1.807) is 20.3 Å². The summed E-state index contributed by atoms with van der Waals surface area (Å²) in [5.74, 6) is 1.43. The molecule has 2 aromatic rings. The van der Waals surface area contributed by atoms with Gasteiger partial charge in [0.05, 0.1) is 25.6 Å². The highest BCUT2D eigenvalue weighted by Crippen LogP contribution is 2.32. The van der Waals surface area contributed by atoms with Gasteiger partial charge in [0.15, 0.2) is 0 Å². The topological polar surface area (TPSA) is 56.5 Å². The van der Waals surface area contributed by atoms with E-state index in [0.29, 0.717) is 11.4 Å². The SMILES string of the molecule is COc1ccc(Br)c(Nc2ccc(N)c(OC)c2)c1. The number of nitrogens with one attached hydrogen (secondary N) is 1. The maximum Gasteiger partial charge on any atom is 0.143 e. The molecule has 0 aliphatic carbocycles. The molecule has 0 aliphatic heterocycles. The van der Waals surface area contributed by atoms with Crippen molar-refractivity contribution in [2.24, 2.45) is 0 Å². The van der Waals surface area contributed by atoms with Crippen LogP contribution in [0.4, 0.5) is 17.1 Å². The van der Waals surface area contributed by atoms with Gasteiger partial charge in [-0.15, -0.1) is 0 Å². The number of benzene rings is 2. The normalized spacial score (nSPS) is 10.1. The number of halogens is 1. The molecule has 0 amide bonds. The Morgan fingerprint density at radius 3 is 2.53 bits per heavy atom. The van der Waals surface area contributed by atoms with Gasteiger partial charge in [-0.3, -0.25) is 0 Å². The molecular weight excluding hydrogens is 308 g/mol. The summed E-state index contributed by atoms with van der Waals surface area (Å²) in [4.78, 5) is 0. The third kappa shape index (κ3) is 3.12. The Balaban J connectivity index is 2.30. The van der Waals surface area contributed by atoms with E-state index in [4.69, 9.17) is 15.2 Å². The summed E-state index contributed by atoms with van der Waals surface area (Å²) in [6.07, 6.45) is 0. The monoisotopic (exact) mass is 322 g/mol. The first-order valence-corrected chi connectivity index (χ1v) is 6.47. The van der Waals surface area contributed by atoms with Gasteiger partial charge in [0.2, 0.25) is 0 Å². The van der Waals surface area contributed by atoms with Crippen molar-refractivity contribution >= 4 is 33.0 Å². The predicted octanol–water partition coefficient (Wildman–Crippen LogP) is 3.79. The molecule has 0 aromatic heterocycles. The average Bonchev–Trinajstić information content (AvgIpc) is 2.43. The van der Waals surface area contributed by atoms with Crippen LogP contribution in [0.5, 0.6) is 11.5 Å². The fourth-order valence-electron chi connectivity index (χ4n) is 1.67. The Labute approximate surface area is 120 Å². The van der Waals surface area contributed by atoms with E-state index in [0.717, 1.165) is 21.6 Å². The lowest BCUT2D eigenvalue weighted by atomic mass is 10.2. The zero-order valence-corrected chi connectivity index (χ0v) is 12.3. The zero-order valence-electron chi connectivity index (χ0n) is 10.7. The van der Waals surface area contributed by atoms with Crippen molar-refractivity contribution in [2.75, 3.05) is 25.3 Å². The Morgan fingerprint density at radius 2 is 1.84 bits per heavy atom. The molecule has 4 nitrogen and oxygen atoms in total. The first-order chi connectivity index (χ1) is 9.13. The fraction of sp³-hybridized carbons (Fsp3) is 0.143. The fourth-order valence-corrected chi connectivity index (χ4v) is 2.02. The molecule has 100 valence electrons. The summed E-state index contributed by atoms with van der Waals surface area (Å²) in [5, 5.41) is 3.29. The Morgan fingerprint density at radius 1 is 1.05 bits per heavy atom. The lowest BCUT2D eigenvalue weighted by molar-refractivity contribution is 0.415. The molecule has 0 atom stereocenters. The summed E-state index contributed by atoms with van der Waals surface area (Å²) in [6.45, 7) is 0. The van der Waals surface area contributed by atoms with Crippen LogP contribution in [0, 0.1) is 0 Å². The van der Waals surface area contributed by atoms with Gasteiger partial charge in [0.1, 0.15) is 11.5 Å². The highest BCUT2D eigenvalue weighted by Gasteiger charge is 2.05. The lowest BCUT2D eigenvalue weighted by Crippen LogP contribution is -1.96. The van der Waals surface area contributed by atoms with E-state index in [2.05, 4.69) is 21.2 Å². The van der Waals surface area contributed by atoms with Crippen LogP contribution >= 0.6 is 15.9 Å². The maximum absolute atomic E-state index is 5.79. The van der Waals surface area contributed by atoms with Crippen LogP contribution < -0.4 is 20.5 Å². The number of anilines is 3. The van der Waals surface area contributed by atoms with Gasteiger partial charge < -0.3 is 20.5 Å². The Bertz CT molecular complexity index is 588. The van der Waals surface area contributed by atoms with Gasteiger partial charge >= 0.3 is 0 Å². The van der Waals surface area contributed by atoms with Crippen molar-refractivity contribution in [2.45, 2.75) is 0 Å². The molecule has 0 heterocycles. The minimum absolute atomic E-state index is 0.609. The van der Waals surface area contributed by atoms with Crippen LogP contribution in [0.15, 0.2) is 40.9 Å². The van der Waals surface area contributed by atoms with E-state index in [-0.39, 0.29) is 0 Å². The number of nitrogen functional groups attached to an aromatic ring is 1. The smallest absolute Gasteiger partial charge is 0.143 e. The van der Waals surface area contributed by atoms with Gasteiger partial charge in [-0.1, -0.05) is 0 Å². The van der Waals surface area contributed by atoms with E-state index in [1.165, 1.54) is 0 Å². The number of hydrogen-bond acceptors (Lipinski definition) is 4. The summed E-state index contributed by atoms with van der Waals surface area (Å²) >= 11 is 3.49. The predicted molar refractivity (Wildman–Crippen MR) is 81.4 cm³/mol. The number of ether oxygens (including phenoxy) is 2. The largest absolute Gasteiger partial charge is 0.497 e. The van der Waals surface area contributed by atoms with Gasteiger partial charge in [0.25, 0.3) is 0 Å². The van der Waals surface area contributed by atoms with Gasteiger partial charge in [-0.2, -0.15) is 0 Å². The number of rotatable bonds is 4. The van der Waals surface area contributed by atoms with Crippen LogP contribution in [-0.2, 0) is 0 Å². The molecular formula is C14H15BrN2O2. The minimum Gasteiger partial charge on any atom is -0.497 e. The van der Waals surface area contributed by atoms with Crippen molar-refractivity contribution in [1.82, 2.24) is 0 Å². The summed E-state index contributed by atoms with van der Waals surface area (Å²) in [6, 6.07) is 11.3. The molecule has 2 rings (SSSR count). The minimum atomic E-state index is 0.609. The third-order valence-electron chi connectivity index (χ3n) is 2.69. The second kappa shape index (κ2) is 5.84. The first kappa shape index (κ1) is 13.5. The number of hydrogen-bond donors (Lipinski definition) is 2.